The van der Waals surface area contributed by atoms with Crippen LogP contribution in [0.3, 0.4) is 0 Å². The van der Waals surface area contributed by atoms with E-state index < -0.39 is 0 Å². The summed E-state index contributed by atoms with van der Waals surface area (Å²) in [6.45, 7) is 7.56. The average Bonchev–Trinajstić information content (AvgIpc) is 2.45. The lowest BCUT2D eigenvalue weighted by Gasteiger charge is -2.16. The maximum atomic E-state index is 11.7. The van der Waals surface area contributed by atoms with Gasteiger partial charge in [-0.1, -0.05) is 19.1 Å². The van der Waals surface area contributed by atoms with Gasteiger partial charge in [0.15, 0.2) is 18.1 Å². The molecule has 5 nitrogen and oxygen atoms in total. The minimum absolute atomic E-state index is 0.0146. The topological polar surface area (TPSA) is 59.6 Å². The third kappa shape index (κ3) is 6.04. The molecular formula is C16H26N2O3. The normalized spacial score (nSPS) is 10.5. The molecule has 2 N–H and O–H groups in total. The van der Waals surface area contributed by atoms with Crippen molar-refractivity contribution in [1.82, 2.24) is 10.6 Å². The van der Waals surface area contributed by atoms with Gasteiger partial charge in [-0.05, 0) is 32.9 Å². The SMILES string of the molecule is CCCNCc1cccc(OC)c1OCC(=O)NC(C)C. The molecule has 0 saturated carbocycles. The molecule has 0 unspecified atom stereocenters. The molecule has 1 aromatic carbocycles. The molecule has 0 aliphatic carbocycles. The molecule has 0 fully saturated rings. The van der Waals surface area contributed by atoms with Crippen LogP contribution in [0.25, 0.3) is 0 Å². The van der Waals surface area contributed by atoms with Crippen LogP contribution in [0.5, 0.6) is 11.5 Å². The second-order valence-electron chi connectivity index (χ2n) is 5.14. The van der Waals surface area contributed by atoms with Crippen molar-refractivity contribution in [3.8, 4) is 11.5 Å². The van der Waals surface area contributed by atoms with E-state index in [4.69, 9.17) is 9.47 Å². The van der Waals surface area contributed by atoms with Crippen LogP contribution in [-0.2, 0) is 11.3 Å². The summed E-state index contributed by atoms with van der Waals surface area (Å²) in [4.78, 5) is 11.7. The fraction of sp³-hybridized carbons (Fsp3) is 0.562. The predicted octanol–water partition coefficient (Wildman–Crippen LogP) is 2.10. The molecule has 0 heterocycles. The van der Waals surface area contributed by atoms with Crippen molar-refractivity contribution in [1.29, 1.82) is 0 Å². The third-order valence-electron chi connectivity index (χ3n) is 2.82. The van der Waals surface area contributed by atoms with Crippen LogP contribution in [-0.4, -0.2) is 32.2 Å². The molecule has 0 radical (unpaired) electrons. The number of methoxy groups -OCH3 is 1. The molecule has 118 valence electrons. The number of hydrogen-bond acceptors (Lipinski definition) is 4. The van der Waals surface area contributed by atoms with E-state index in [9.17, 15) is 4.79 Å². The molecule has 1 amide bonds. The first-order valence-electron chi connectivity index (χ1n) is 7.37. The quantitative estimate of drug-likeness (QED) is 0.685. The largest absolute Gasteiger partial charge is 0.493 e. The van der Waals surface area contributed by atoms with Gasteiger partial charge in [0, 0.05) is 18.2 Å². The molecule has 0 saturated heterocycles. The molecule has 0 spiro atoms. The van der Waals surface area contributed by atoms with E-state index in [2.05, 4.69) is 17.6 Å². The van der Waals surface area contributed by atoms with Crippen molar-refractivity contribution in [2.75, 3.05) is 20.3 Å². The minimum atomic E-state index is -0.136. The van der Waals surface area contributed by atoms with Crippen molar-refractivity contribution >= 4 is 5.91 Å². The predicted molar refractivity (Wildman–Crippen MR) is 83.8 cm³/mol. The Labute approximate surface area is 127 Å². The highest BCUT2D eigenvalue weighted by Gasteiger charge is 2.12. The zero-order chi connectivity index (χ0) is 15.7. The molecule has 1 rings (SSSR count). The summed E-state index contributed by atoms with van der Waals surface area (Å²) in [7, 11) is 1.60. The molecule has 0 atom stereocenters. The number of para-hydroxylation sites is 1. The van der Waals surface area contributed by atoms with Crippen molar-refractivity contribution < 1.29 is 14.3 Å². The molecule has 21 heavy (non-hydrogen) atoms. The van der Waals surface area contributed by atoms with Gasteiger partial charge < -0.3 is 20.1 Å². The maximum absolute atomic E-state index is 11.7. The average molecular weight is 294 g/mol. The molecule has 0 aliphatic rings. The van der Waals surface area contributed by atoms with E-state index in [-0.39, 0.29) is 18.6 Å². The number of ether oxygens (including phenoxy) is 2. The molecule has 0 bridgehead atoms. The lowest BCUT2D eigenvalue weighted by atomic mass is 10.2. The van der Waals surface area contributed by atoms with Gasteiger partial charge >= 0.3 is 0 Å². The van der Waals surface area contributed by atoms with Gasteiger partial charge in [-0.3, -0.25) is 4.79 Å². The van der Waals surface area contributed by atoms with Gasteiger partial charge in [-0.2, -0.15) is 0 Å². The van der Waals surface area contributed by atoms with Crippen molar-refractivity contribution in [3.63, 3.8) is 0 Å². The summed E-state index contributed by atoms with van der Waals surface area (Å²) in [5.74, 6) is 1.13. The summed E-state index contributed by atoms with van der Waals surface area (Å²) in [6, 6.07) is 5.83. The van der Waals surface area contributed by atoms with Crippen LogP contribution < -0.4 is 20.1 Å². The minimum Gasteiger partial charge on any atom is -0.493 e. The van der Waals surface area contributed by atoms with Gasteiger partial charge in [0.25, 0.3) is 5.91 Å². The second kappa shape index (κ2) is 9.23. The van der Waals surface area contributed by atoms with Crippen molar-refractivity contribution in [2.45, 2.75) is 39.8 Å². The lowest BCUT2D eigenvalue weighted by molar-refractivity contribution is -0.123. The van der Waals surface area contributed by atoms with Crippen LogP contribution in [0.4, 0.5) is 0 Å². The summed E-state index contributed by atoms with van der Waals surface area (Å²) in [6.07, 6.45) is 1.07. The standard InChI is InChI=1S/C16H26N2O3/c1-5-9-17-10-13-7-6-8-14(20-4)16(13)21-11-15(19)18-12(2)3/h6-8,12,17H,5,9-11H2,1-4H3,(H,18,19). The number of benzene rings is 1. The zero-order valence-corrected chi connectivity index (χ0v) is 13.4. The summed E-state index contributed by atoms with van der Waals surface area (Å²) in [5, 5.41) is 6.13. The van der Waals surface area contributed by atoms with Crippen molar-refractivity contribution in [3.05, 3.63) is 23.8 Å². The first kappa shape index (κ1) is 17.3. The van der Waals surface area contributed by atoms with Gasteiger partial charge in [-0.25, -0.2) is 0 Å². The number of rotatable bonds is 9. The Balaban J connectivity index is 2.74. The van der Waals surface area contributed by atoms with E-state index in [0.29, 0.717) is 18.0 Å². The van der Waals surface area contributed by atoms with E-state index in [1.165, 1.54) is 0 Å². The molecule has 0 aromatic heterocycles. The first-order chi connectivity index (χ1) is 10.1. The Kier molecular flexibility index (Phi) is 7.61. The molecule has 5 heteroatoms. The number of nitrogens with one attached hydrogen (secondary N) is 2. The fourth-order valence-corrected chi connectivity index (χ4v) is 1.93. The Hall–Kier alpha value is -1.75. The van der Waals surface area contributed by atoms with Gasteiger partial charge in [0.2, 0.25) is 0 Å². The Morgan fingerprint density at radius 1 is 1.33 bits per heavy atom. The highest BCUT2D eigenvalue weighted by Crippen LogP contribution is 2.31. The van der Waals surface area contributed by atoms with E-state index in [0.717, 1.165) is 18.5 Å². The van der Waals surface area contributed by atoms with Gasteiger partial charge in [0.05, 0.1) is 7.11 Å². The number of amides is 1. The summed E-state index contributed by atoms with van der Waals surface area (Å²) in [5.41, 5.74) is 0.986. The van der Waals surface area contributed by atoms with Crippen LogP contribution in [0.2, 0.25) is 0 Å². The van der Waals surface area contributed by atoms with Crippen LogP contribution in [0.1, 0.15) is 32.8 Å². The lowest BCUT2D eigenvalue weighted by Crippen LogP contribution is -2.34. The fourth-order valence-electron chi connectivity index (χ4n) is 1.93. The van der Waals surface area contributed by atoms with E-state index in [1.807, 2.05) is 32.0 Å². The zero-order valence-electron chi connectivity index (χ0n) is 13.4. The molecular weight excluding hydrogens is 268 g/mol. The van der Waals surface area contributed by atoms with Crippen LogP contribution in [0.15, 0.2) is 18.2 Å². The van der Waals surface area contributed by atoms with Crippen LogP contribution in [0, 0.1) is 0 Å². The molecule has 1 aromatic rings. The van der Waals surface area contributed by atoms with Gasteiger partial charge in [0.1, 0.15) is 0 Å². The summed E-state index contributed by atoms with van der Waals surface area (Å²) < 4.78 is 11.0. The summed E-state index contributed by atoms with van der Waals surface area (Å²) >= 11 is 0. The first-order valence-corrected chi connectivity index (χ1v) is 7.37. The molecule has 0 aliphatic heterocycles. The number of carbonyl (C=O) groups excluding carboxylic acids is 1. The number of hydrogen-bond donors (Lipinski definition) is 2. The maximum Gasteiger partial charge on any atom is 0.258 e. The van der Waals surface area contributed by atoms with Gasteiger partial charge in [-0.15, -0.1) is 0 Å². The van der Waals surface area contributed by atoms with E-state index >= 15 is 0 Å². The highest BCUT2D eigenvalue weighted by molar-refractivity contribution is 5.77. The Morgan fingerprint density at radius 3 is 2.71 bits per heavy atom. The number of carbonyl (C=O) groups is 1. The van der Waals surface area contributed by atoms with Crippen LogP contribution >= 0.6 is 0 Å². The van der Waals surface area contributed by atoms with E-state index in [1.54, 1.807) is 7.11 Å². The third-order valence-corrected chi connectivity index (χ3v) is 2.82. The highest BCUT2D eigenvalue weighted by atomic mass is 16.5. The Bertz CT molecular complexity index is 447. The second-order valence-corrected chi connectivity index (χ2v) is 5.14. The smallest absolute Gasteiger partial charge is 0.258 e. The van der Waals surface area contributed by atoms with Crippen molar-refractivity contribution in [2.24, 2.45) is 0 Å². The monoisotopic (exact) mass is 294 g/mol. The Morgan fingerprint density at radius 2 is 2.10 bits per heavy atom.